The van der Waals surface area contributed by atoms with Crippen molar-refractivity contribution in [2.75, 3.05) is 19.5 Å². The van der Waals surface area contributed by atoms with Gasteiger partial charge in [-0.1, -0.05) is 6.42 Å². The summed E-state index contributed by atoms with van der Waals surface area (Å²) in [5.41, 5.74) is 0.714. The zero-order chi connectivity index (χ0) is 14.8. The summed E-state index contributed by atoms with van der Waals surface area (Å²) in [7, 11) is 3.21. The topological polar surface area (TPSA) is 47.6 Å². The van der Waals surface area contributed by atoms with E-state index < -0.39 is 0 Å². The highest BCUT2D eigenvalue weighted by Gasteiger charge is 2.40. The Bertz CT molecular complexity index is 529. The van der Waals surface area contributed by atoms with Gasteiger partial charge >= 0.3 is 0 Å². The van der Waals surface area contributed by atoms with Crippen LogP contribution in [0, 0.1) is 17.8 Å². The number of ether oxygens (including phenoxy) is 2. The molecule has 4 nitrogen and oxygen atoms in total. The van der Waals surface area contributed by atoms with E-state index in [-0.39, 0.29) is 5.91 Å². The SMILES string of the molecule is COc1ccc(NC(=O)C[C@H]2C[C@@H]3CC[C@@H]2C3)c(OC)c1. The number of rotatable bonds is 5. The van der Waals surface area contributed by atoms with Gasteiger partial charge in [0.15, 0.2) is 0 Å². The Morgan fingerprint density at radius 1 is 1.24 bits per heavy atom. The van der Waals surface area contributed by atoms with Crippen LogP contribution in [0.2, 0.25) is 0 Å². The number of methoxy groups -OCH3 is 2. The van der Waals surface area contributed by atoms with Crippen LogP contribution in [-0.2, 0) is 4.79 Å². The lowest BCUT2D eigenvalue weighted by Gasteiger charge is -2.21. The minimum Gasteiger partial charge on any atom is -0.497 e. The van der Waals surface area contributed by atoms with Crippen LogP contribution in [0.15, 0.2) is 18.2 Å². The average molecular weight is 289 g/mol. The molecule has 0 heterocycles. The van der Waals surface area contributed by atoms with Gasteiger partial charge in [-0.15, -0.1) is 0 Å². The molecule has 0 spiro atoms. The Hall–Kier alpha value is -1.71. The molecule has 1 aromatic carbocycles. The predicted octanol–water partition coefficient (Wildman–Crippen LogP) is 3.47. The number of fused-ring (bicyclic) bond motifs is 2. The van der Waals surface area contributed by atoms with Crippen LogP contribution in [0.3, 0.4) is 0 Å². The first-order valence-corrected chi connectivity index (χ1v) is 7.71. The molecule has 2 aliphatic carbocycles. The maximum Gasteiger partial charge on any atom is 0.224 e. The molecule has 1 N–H and O–H groups in total. The van der Waals surface area contributed by atoms with Crippen molar-refractivity contribution in [3.05, 3.63) is 18.2 Å². The Morgan fingerprint density at radius 3 is 2.71 bits per heavy atom. The maximum atomic E-state index is 12.3. The number of amides is 1. The molecule has 0 aliphatic heterocycles. The summed E-state index contributed by atoms with van der Waals surface area (Å²) < 4.78 is 10.5. The first-order chi connectivity index (χ1) is 10.2. The lowest BCUT2D eigenvalue weighted by molar-refractivity contribution is -0.117. The molecule has 114 valence electrons. The molecule has 0 saturated heterocycles. The third-order valence-electron chi connectivity index (χ3n) is 5.01. The number of hydrogen-bond acceptors (Lipinski definition) is 3. The highest BCUT2D eigenvalue weighted by atomic mass is 16.5. The molecule has 0 unspecified atom stereocenters. The maximum absolute atomic E-state index is 12.3. The summed E-state index contributed by atoms with van der Waals surface area (Å²) in [4.78, 5) is 12.3. The van der Waals surface area contributed by atoms with E-state index in [1.807, 2.05) is 12.1 Å². The van der Waals surface area contributed by atoms with Crippen LogP contribution in [-0.4, -0.2) is 20.1 Å². The van der Waals surface area contributed by atoms with Gasteiger partial charge < -0.3 is 14.8 Å². The van der Waals surface area contributed by atoms with E-state index in [0.29, 0.717) is 23.8 Å². The number of anilines is 1. The molecular weight excluding hydrogens is 266 g/mol. The number of carbonyl (C=O) groups excluding carboxylic acids is 1. The van der Waals surface area contributed by atoms with Gasteiger partial charge in [-0.05, 0) is 49.1 Å². The number of benzene rings is 1. The van der Waals surface area contributed by atoms with Crippen molar-refractivity contribution in [3.63, 3.8) is 0 Å². The molecule has 3 atom stereocenters. The minimum atomic E-state index is 0.0935. The largest absolute Gasteiger partial charge is 0.497 e. The second-order valence-electron chi connectivity index (χ2n) is 6.25. The summed E-state index contributed by atoms with van der Waals surface area (Å²) in [5, 5.41) is 2.98. The summed E-state index contributed by atoms with van der Waals surface area (Å²) >= 11 is 0. The van der Waals surface area contributed by atoms with Gasteiger partial charge in [0, 0.05) is 12.5 Å². The monoisotopic (exact) mass is 289 g/mol. The average Bonchev–Trinajstić information content (AvgIpc) is 3.10. The van der Waals surface area contributed by atoms with Crippen molar-refractivity contribution < 1.29 is 14.3 Å². The molecule has 0 aromatic heterocycles. The van der Waals surface area contributed by atoms with Gasteiger partial charge in [-0.2, -0.15) is 0 Å². The van der Waals surface area contributed by atoms with E-state index in [2.05, 4.69) is 5.32 Å². The second-order valence-corrected chi connectivity index (χ2v) is 6.25. The van der Waals surface area contributed by atoms with Crippen molar-refractivity contribution in [3.8, 4) is 11.5 Å². The van der Waals surface area contributed by atoms with Gasteiger partial charge in [0.25, 0.3) is 0 Å². The van der Waals surface area contributed by atoms with Crippen LogP contribution < -0.4 is 14.8 Å². The molecule has 4 heteroatoms. The van der Waals surface area contributed by atoms with Gasteiger partial charge in [-0.25, -0.2) is 0 Å². The van der Waals surface area contributed by atoms with Crippen molar-refractivity contribution in [2.45, 2.75) is 32.1 Å². The fraction of sp³-hybridized carbons (Fsp3) is 0.588. The first-order valence-electron chi connectivity index (χ1n) is 7.71. The van der Waals surface area contributed by atoms with Crippen molar-refractivity contribution in [2.24, 2.45) is 17.8 Å². The Balaban J connectivity index is 1.62. The summed E-state index contributed by atoms with van der Waals surface area (Å²) in [6.07, 6.45) is 5.89. The van der Waals surface area contributed by atoms with E-state index in [0.717, 1.165) is 17.6 Å². The lowest BCUT2D eigenvalue weighted by Crippen LogP contribution is -2.20. The molecule has 0 radical (unpaired) electrons. The highest BCUT2D eigenvalue weighted by Crippen LogP contribution is 2.49. The molecule has 3 rings (SSSR count). The van der Waals surface area contributed by atoms with Crippen molar-refractivity contribution >= 4 is 11.6 Å². The van der Waals surface area contributed by atoms with Gasteiger partial charge in [0.1, 0.15) is 11.5 Å². The third kappa shape index (κ3) is 2.99. The van der Waals surface area contributed by atoms with Crippen LogP contribution >= 0.6 is 0 Å². The number of hydrogen-bond donors (Lipinski definition) is 1. The van der Waals surface area contributed by atoms with Crippen molar-refractivity contribution in [1.29, 1.82) is 0 Å². The minimum absolute atomic E-state index is 0.0935. The second kappa shape index (κ2) is 5.96. The van der Waals surface area contributed by atoms with E-state index in [1.165, 1.54) is 25.7 Å². The normalized spacial score (nSPS) is 26.7. The Kier molecular flexibility index (Phi) is 4.04. The molecule has 21 heavy (non-hydrogen) atoms. The Labute approximate surface area is 125 Å². The zero-order valence-corrected chi connectivity index (χ0v) is 12.7. The van der Waals surface area contributed by atoms with Crippen molar-refractivity contribution in [1.82, 2.24) is 0 Å². The molecule has 2 aliphatic rings. The molecular formula is C17H23NO3. The zero-order valence-electron chi connectivity index (χ0n) is 12.7. The summed E-state index contributed by atoms with van der Waals surface area (Å²) in [5.74, 6) is 3.68. The predicted molar refractivity (Wildman–Crippen MR) is 81.7 cm³/mol. The summed E-state index contributed by atoms with van der Waals surface area (Å²) in [6.45, 7) is 0. The van der Waals surface area contributed by atoms with Gasteiger partial charge in [0.05, 0.1) is 19.9 Å². The third-order valence-corrected chi connectivity index (χ3v) is 5.01. The van der Waals surface area contributed by atoms with Crippen LogP contribution in [0.1, 0.15) is 32.1 Å². The quantitative estimate of drug-likeness (QED) is 0.903. The standard InChI is InChI=1S/C17H23NO3/c1-20-14-5-6-15(16(10-14)21-2)18-17(19)9-13-8-11-3-4-12(13)7-11/h5-6,10-13H,3-4,7-9H2,1-2H3,(H,18,19)/t11-,12-,13-/m1/s1. The van der Waals surface area contributed by atoms with Crippen LogP contribution in [0.5, 0.6) is 11.5 Å². The van der Waals surface area contributed by atoms with Gasteiger partial charge in [-0.3, -0.25) is 4.79 Å². The molecule has 2 saturated carbocycles. The molecule has 2 bridgehead atoms. The lowest BCUT2D eigenvalue weighted by atomic mass is 9.86. The first kappa shape index (κ1) is 14.2. The molecule has 1 aromatic rings. The molecule has 1 amide bonds. The van der Waals surface area contributed by atoms with Crippen LogP contribution in [0.4, 0.5) is 5.69 Å². The van der Waals surface area contributed by atoms with E-state index >= 15 is 0 Å². The number of carbonyl (C=O) groups is 1. The van der Waals surface area contributed by atoms with E-state index in [1.54, 1.807) is 20.3 Å². The van der Waals surface area contributed by atoms with E-state index in [9.17, 15) is 4.79 Å². The fourth-order valence-electron chi connectivity index (χ4n) is 3.97. The highest BCUT2D eigenvalue weighted by molar-refractivity contribution is 5.92. The van der Waals surface area contributed by atoms with Gasteiger partial charge in [0.2, 0.25) is 5.91 Å². The fourth-order valence-corrected chi connectivity index (χ4v) is 3.97. The van der Waals surface area contributed by atoms with Crippen LogP contribution in [0.25, 0.3) is 0 Å². The molecule has 2 fully saturated rings. The number of nitrogens with one attached hydrogen (secondary N) is 1. The smallest absolute Gasteiger partial charge is 0.224 e. The van der Waals surface area contributed by atoms with E-state index in [4.69, 9.17) is 9.47 Å². The Morgan fingerprint density at radius 2 is 2.10 bits per heavy atom. The summed E-state index contributed by atoms with van der Waals surface area (Å²) in [6, 6.07) is 5.44.